The maximum Gasteiger partial charge on any atom is 0.250 e. The van der Waals surface area contributed by atoms with Crippen LogP contribution in [0.4, 0.5) is 5.13 Å². The number of amides is 1. The number of carbonyl (C=O) groups excluding carboxylic acids is 1. The average molecular weight is 438 g/mol. The molecule has 31 heavy (non-hydrogen) atoms. The molecule has 0 atom stereocenters. The molecule has 3 aromatic heterocycles. The van der Waals surface area contributed by atoms with E-state index in [2.05, 4.69) is 10.1 Å². The van der Waals surface area contributed by atoms with Crippen LogP contribution >= 0.6 is 11.3 Å². The van der Waals surface area contributed by atoms with E-state index in [-0.39, 0.29) is 12.5 Å². The van der Waals surface area contributed by atoms with Gasteiger partial charge in [0.15, 0.2) is 5.13 Å². The fraction of sp³-hybridized carbons (Fsp3) is 0.273. The number of hydrogen-bond donors (Lipinski definition) is 0. The highest BCUT2D eigenvalue weighted by atomic mass is 32.1. The number of aryl methyl sites for hydroxylation is 2. The molecule has 0 saturated heterocycles. The van der Waals surface area contributed by atoms with Gasteiger partial charge in [-0.3, -0.25) is 19.4 Å². The van der Waals surface area contributed by atoms with Crippen molar-refractivity contribution in [3.8, 4) is 11.5 Å². The van der Waals surface area contributed by atoms with Gasteiger partial charge in [-0.15, -0.1) is 0 Å². The maximum absolute atomic E-state index is 13.4. The van der Waals surface area contributed by atoms with Crippen LogP contribution in [-0.4, -0.2) is 39.9 Å². The fourth-order valence-electron chi connectivity index (χ4n) is 3.37. The van der Waals surface area contributed by atoms with Crippen molar-refractivity contribution in [3.63, 3.8) is 0 Å². The number of pyridine rings is 1. The first-order valence-electron chi connectivity index (χ1n) is 9.72. The molecule has 0 bridgehead atoms. The van der Waals surface area contributed by atoms with Gasteiger partial charge in [0.05, 0.1) is 26.5 Å². The third kappa shape index (κ3) is 4.22. The summed E-state index contributed by atoms with van der Waals surface area (Å²) in [7, 11) is 3.21. The molecule has 0 aliphatic rings. The molecule has 0 aliphatic heterocycles. The van der Waals surface area contributed by atoms with Crippen molar-refractivity contribution in [2.75, 3.05) is 19.1 Å². The van der Waals surface area contributed by atoms with E-state index >= 15 is 0 Å². The van der Waals surface area contributed by atoms with Crippen LogP contribution < -0.4 is 14.4 Å². The molecular weight excluding hydrogens is 414 g/mol. The van der Waals surface area contributed by atoms with Crippen molar-refractivity contribution >= 4 is 32.6 Å². The predicted molar refractivity (Wildman–Crippen MR) is 120 cm³/mol. The van der Waals surface area contributed by atoms with Crippen molar-refractivity contribution in [2.24, 2.45) is 0 Å². The van der Waals surface area contributed by atoms with Gasteiger partial charge in [0.25, 0.3) is 5.91 Å². The second kappa shape index (κ2) is 8.73. The minimum atomic E-state index is -0.118. The Bertz CT molecular complexity index is 1180. The highest BCUT2D eigenvalue weighted by Crippen LogP contribution is 2.40. The Balaban J connectivity index is 1.76. The summed E-state index contributed by atoms with van der Waals surface area (Å²) in [5, 5.41) is 4.99. The summed E-state index contributed by atoms with van der Waals surface area (Å²) in [6, 6.07) is 9.39. The molecule has 1 amide bonds. The number of ether oxygens (including phenoxy) is 2. The molecule has 0 N–H and O–H groups in total. The van der Waals surface area contributed by atoms with Crippen LogP contribution in [0, 0.1) is 13.8 Å². The fourth-order valence-corrected chi connectivity index (χ4v) is 4.47. The van der Waals surface area contributed by atoms with Gasteiger partial charge in [-0.2, -0.15) is 5.10 Å². The first-order chi connectivity index (χ1) is 15.0. The number of rotatable bonds is 7. The van der Waals surface area contributed by atoms with E-state index in [1.54, 1.807) is 36.2 Å². The molecule has 0 aliphatic carbocycles. The van der Waals surface area contributed by atoms with Crippen LogP contribution in [0.3, 0.4) is 0 Å². The standard InChI is InChI=1S/C22H23N5O3S/c1-14-10-15(2)27(25-14)13-19(28)26(12-16-6-5-9-23-11-16)22-24-20-17(29-3)7-8-18(30-4)21(20)31-22/h5-11H,12-13H2,1-4H3. The Kier molecular flexibility index (Phi) is 5.85. The lowest BCUT2D eigenvalue weighted by Gasteiger charge is -2.20. The summed E-state index contributed by atoms with van der Waals surface area (Å²) in [5.41, 5.74) is 3.37. The van der Waals surface area contributed by atoms with E-state index in [1.165, 1.54) is 11.3 Å². The van der Waals surface area contributed by atoms with Gasteiger partial charge in [0, 0.05) is 18.1 Å². The van der Waals surface area contributed by atoms with Gasteiger partial charge < -0.3 is 9.47 Å². The number of thiazole rings is 1. The van der Waals surface area contributed by atoms with Gasteiger partial charge in [-0.05, 0) is 43.7 Å². The highest BCUT2D eigenvalue weighted by molar-refractivity contribution is 7.22. The number of nitrogens with zero attached hydrogens (tertiary/aromatic N) is 5. The smallest absolute Gasteiger partial charge is 0.250 e. The zero-order valence-corrected chi connectivity index (χ0v) is 18.6. The Morgan fingerprint density at radius 3 is 2.58 bits per heavy atom. The highest BCUT2D eigenvalue weighted by Gasteiger charge is 2.24. The van der Waals surface area contributed by atoms with Gasteiger partial charge in [-0.25, -0.2) is 4.98 Å². The molecule has 3 heterocycles. The maximum atomic E-state index is 13.4. The van der Waals surface area contributed by atoms with Crippen LogP contribution in [0.5, 0.6) is 11.5 Å². The second-order valence-electron chi connectivity index (χ2n) is 7.07. The lowest BCUT2D eigenvalue weighted by atomic mass is 10.2. The van der Waals surface area contributed by atoms with Crippen molar-refractivity contribution < 1.29 is 14.3 Å². The van der Waals surface area contributed by atoms with E-state index in [0.717, 1.165) is 21.7 Å². The Hall–Kier alpha value is -3.46. The van der Waals surface area contributed by atoms with E-state index in [0.29, 0.717) is 28.7 Å². The summed E-state index contributed by atoms with van der Waals surface area (Å²) in [4.78, 5) is 24.0. The molecule has 8 nitrogen and oxygen atoms in total. The lowest BCUT2D eigenvalue weighted by Crippen LogP contribution is -2.34. The van der Waals surface area contributed by atoms with Crippen LogP contribution in [0.1, 0.15) is 17.0 Å². The quantitative estimate of drug-likeness (QED) is 0.438. The lowest BCUT2D eigenvalue weighted by molar-refractivity contribution is -0.119. The number of aromatic nitrogens is 4. The molecule has 9 heteroatoms. The van der Waals surface area contributed by atoms with Gasteiger partial charge in [0.1, 0.15) is 28.3 Å². The molecule has 0 spiro atoms. The predicted octanol–water partition coefficient (Wildman–Crippen LogP) is 3.76. The van der Waals surface area contributed by atoms with Crippen molar-refractivity contribution in [3.05, 3.63) is 59.7 Å². The minimum absolute atomic E-state index is 0.115. The molecule has 0 radical (unpaired) electrons. The number of anilines is 1. The summed E-state index contributed by atoms with van der Waals surface area (Å²) in [6.45, 7) is 4.31. The number of carbonyl (C=O) groups is 1. The van der Waals surface area contributed by atoms with E-state index in [4.69, 9.17) is 14.5 Å². The van der Waals surface area contributed by atoms with Gasteiger partial charge in [-0.1, -0.05) is 17.4 Å². The number of methoxy groups -OCH3 is 2. The SMILES string of the molecule is COc1ccc(OC)c2sc(N(Cc3cccnc3)C(=O)Cn3nc(C)cc3C)nc12. The minimum Gasteiger partial charge on any atom is -0.495 e. The van der Waals surface area contributed by atoms with Crippen molar-refractivity contribution in [1.29, 1.82) is 0 Å². The van der Waals surface area contributed by atoms with Gasteiger partial charge in [0.2, 0.25) is 0 Å². The first-order valence-corrected chi connectivity index (χ1v) is 10.5. The van der Waals surface area contributed by atoms with E-state index in [1.807, 2.05) is 44.2 Å². The summed E-state index contributed by atoms with van der Waals surface area (Å²) in [6.07, 6.45) is 3.46. The normalized spacial score (nSPS) is 11.0. The second-order valence-corrected chi connectivity index (χ2v) is 8.05. The van der Waals surface area contributed by atoms with Crippen LogP contribution in [-0.2, 0) is 17.9 Å². The summed E-state index contributed by atoms with van der Waals surface area (Å²) >= 11 is 1.39. The molecule has 160 valence electrons. The van der Waals surface area contributed by atoms with E-state index < -0.39 is 0 Å². The molecule has 0 saturated carbocycles. The Labute approximate surface area is 184 Å². The van der Waals surface area contributed by atoms with E-state index in [9.17, 15) is 4.79 Å². The third-order valence-electron chi connectivity index (χ3n) is 4.88. The number of fused-ring (bicyclic) bond motifs is 1. The first kappa shape index (κ1) is 20.8. The number of hydrogen-bond acceptors (Lipinski definition) is 7. The molecular formula is C22H23N5O3S. The molecule has 4 rings (SSSR count). The van der Waals surface area contributed by atoms with Gasteiger partial charge >= 0.3 is 0 Å². The molecule has 4 aromatic rings. The zero-order chi connectivity index (χ0) is 22.0. The zero-order valence-electron chi connectivity index (χ0n) is 17.8. The van der Waals surface area contributed by atoms with Crippen molar-refractivity contribution in [1.82, 2.24) is 19.7 Å². The largest absolute Gasteiger partial charge is 0.495 e. The Morgan fingerprint density at radius 2 is 1.94 bits per heavy atom. The van der Waals surface area contributed by atoms with Crippen LogP contribution in [0.2, 0.25) is 0 Å². The molecule has 1 aromatic carbocycles. The average Bonchev–Trinajstić information content (AvgIpc) is 3.34. The number of benzene rings is 1. The van der Waals surface area contributed by atoms with Crippen LogP contribution in [0.25, 0.3) is 10.2 Å². The molecule has 0 fully saturated rings. The van der Waals surface area contributed by atoms with Crippen molar-refractivity contribution in [2.45, 2.75) is 26.9 Å². The summed E-state index contributed by atoms with van der Waals surface area (Å²) in [5.74, 6) is 1.20. The topological polar surface area (TPSA) is 82.4 Å². The molecule has 0 unspecified atom stereocenters. The van der Waals surface area contributed by atoms with Crippen LogP contribution in [0.15, 0.2) is 42.7 Å². The monoisotopic (exact) mass is 437 g/mol. The summed E-state index contributed by atoms with van der Waals surface area (Å²) < 4.78 is 13.5. The Morgan fingerprint density at radius 1 is 1.16 bits per heavy atom. The third-order valence-corrected chi connectivity index (χ3v) is 5.98.